The van der Waals surface area contributed by atoms with E-state index in [1.807, 2.05) is 19.1 Å². The number of aliphatic hydroxyl groups excluding tert-OH is 1. The van der Waals surface area contributed by atoms with Crippen LogP contribution in [0.1, 0.15) is 11.3 Å². The van der Waals surface area contributed by atoms with E-state index >= 15 is 0 Å². The van der Waals surface area contributed by atoms with E-state index in [0.29, 0.717) is 0 Å². The van der Waals surface area contributed by atoms with Gasteiger partial charge in [-0.25, -0.2) is 4.98 Å². The third-order valence-electron chi connectivity index (χ3n) is 1.98. The number of rotatable bonds is 1. The largest absolute Gasteiger partial charge is 0.390 e. The first kappa shape index (κ1) is 7.31. The number of fused-ring (bicyclic) bond motifs is 1. The summed E-state index contributed by atoms with van der Waals surface area (Å²) in [5.41, 5.74) is 2.84. The third-order valence-corrected chi connectivity index (χ3v) is 1.98. The maximum atomic E-state index is 8.87. The Morgan fingerprint density at radius 3 is 3.08 bits per heavy atom. The number of aromatic nitrogens is 2. The van der Waals surface area contributed by atoms with Gasteiger partial charge < -0.3 is 10.1 Å². The minimum atomic E-state index is 0.0375. The molecule has 0 atom stereocenters. The summed E-state index contributed by atoms with van der Waals surface area (Å²) < 4.78 is 0. The number of aliphatic hydroxyl groups is 1. The summed E-state index contributed by atoms with van der Waals surface area (Å²) in [6.07, 6.45) is 1.76. The van der Waals surface area contributed by atoms with E-state index in [1.165, 1.54) is 5.56 Å². The lowest BCUT2D eigenvalue weighted by Crippen LogP contribution is -1.80. The fraction of sp³-hybridized carbons (Fsp3) is 0.222. The molecule has 2 aromatic rings. The molecule has 2 aromatic heterocycles. The summed E-state index contributed by atoms with van der Waals surface area (Å²) in [7, 11) is 0. The van der Waals surface area contributed by atoms with Crippen LogP contribution in [-0.2, 0) is 6.61 Å². The summed E-state index contributed by atoms with van der Waals surface area (Å²) in [4.78, 5) is 7.17. The standard InChI is InChI=1S/C9H10N2O/c1-6-2-3-10-9-8(6)4-7(5-12)11-9/h2-4,12H,5H2,1H3,(H,10,11). The van der Waals surface area contributed by atoms with Gasteiger partial charge in [0, 0.05) is 17.3 Å². The van der Waals surface area contributed by atoms with Crippen LogP contribution in [-0.4, -0.2) is 15.1 Å². The normalized spacial score (nSPS) is 10.8. The zero-order valence-electron chi connectivity index (χ0n) is 6.83. The van der Waals surface area contributed by atoms with Crippen LogP contribution < -0.4 is 0 Å². The number of aryl methyl sites for hydroxylation is 1. The first-order valence-corrected chi connectivity index (χ1v) is 3.85. The van der Waals surface area contributed by atoms with Crippen molar-refractivity contribution in [3.63, 3.8) is 0 Å². The highest BCUT2D eigenvalue weighted by Gasteiger charge is 2.01. The number of nitrogens with one attached hydrogen (secondary N) is 1. The van der Waals surface area contributed by atoms with Crippen LogP contribution in [0.15, 0.2) is 18.3 Å². The Morgan fingerprint density at radius 1 is 1.58 bits per heavy atom. The van der Waals surface area contributed by atoms with Crippen molar-refractivity contribution < 1.29 is 5.11 Å². The van der Waals surface area contributed by atoms with Gasteiger partial charge in [0.2, 0.25) is 0 Å². The fourth-order valence-electron chi connectivity index (χ4n) is 1.30. The van der Waals surface area contributed by atoms with Gasteiger partial charge in [0.15, 0.2) is 0 Å². The molecular weight excluding hydrogens is 152 g/mol. The Labute approximate surface area is 70.1 Å². The van der Waals surface area contributed by atoms with E-state index in [4.69, 9.17) is 5.11 Å². The van der Waals surface area contributed by atoms with Gasteiger partial charge in [-0.2, -0.15) is 0 Å². The second-order valence-corrected chi connectivity index (χ2v) is 2.84. The quantitative estimate of drug-likeness (QED) is 0.665. The van der Waals surface area contributed by atoms with Crippen molar-refractivity contribution in [2.45, 2.75) is 13.5 Å². The van der Waals surface area contributed by atoms with Crippen molar-refractivity contribution in [2.75, 3.05) is 0 Å². The molecule has 0 aliphatic rings. The third kappa shape index (κ3) is 0.987. The Morgan fingerprint density at radius 2 is 2.42 bits per heavy atom. The molecular formula is C9H10N2O. The van der Waals surface area contributed by atoms with Crippen LogP contribution in [0.4, 0.5) is 0 Å². The second kappa shape index (κ2) is 2.60. The molecule has 12 heavy (non-hydrogen) atoms. The highest BCUT2D eigenvalue weighted by molar-refractivity contribution is 5.79. The molecule has 62 valence electrons. The van der Waals surface area contributed by atoms with Gasteiger partial charge in [-0.15, -0.1) is 0 Å². The number of H-pyrrole nitrogens is 1. The van der Waals surface area contributed by atoms with Crippen LogP contribution in [0, 0.1) is 6.92 Å². The lowest BCUT2D eigenvalue weighted by Gasteiger charge is -1.91. The van der Waals surface area contributed by atoms with Crippen LogP contribution in [0.25, 0.3) is 11.0 Å². The van der Waals surface area contributed by atoms with Crippen LogP contribution in [0.5, 0.6) is 0 Å². The summed E-state index contributed by atoms with van der Waals surface area (Å²) in [5, 5.41) is 9.96. The van der Waals surface area contributed by atoms with E-state index < -0.39 is 0 Å². The van der Waals surface area contributed by atoms with Crippen molar-refractivity contribution in [1.82, 2.24) is 9.97 Å². The molecule has 0 saturated heterocycles. The van der Waals surface area contributed by atoms with Gasteiger partial charge in [-0.3, -0.25) is 0 Å². The van der Waals surface area contributed by atoms with E-state index in [0.717, 1.165) is 16.7 Å². The van der Waals surface area contributed by atoms with Gasteiger partial charge in [0.25, 0.3) is 0 Å². The second-order valence-electron chi connectivity index (χ2n) is 2.84. The average molecular weight is 162 g/mol. The van der Waals surface area contributed by atoms with Crippen molar-refractivity contribution in [2.24, 2.45) is 0 Å². The van der Waals surface area contributed by atoms with E-state index in [9.17, 15) is 0 Å². The number of pyridine rings is 1. The van der Waals surface area contributed by atoms with Crippen LogP contribution in [0.3, 0.4) is 0 Å². The Kier molecular flexibility index (Phi) is 1.59. The van der Waals surface area contributed by atoms with Crippen molar-refractivity contribution in [3.05, 3.63) is 29.6 Å². The predicted molar refractivity (Wildman–Crippen MR) is 46.8 cm³/mol. The maximum Gasteiger partial charge on any atom is 0.137 e. The molecule has 0 fully saturated rings. The molecule has 2 rings (SSSR count). The molecule has 2 N–H and O–H groups in total. The SMILES string of the molecule is Cc1ccnc2[nH]c(CO)cc12. The van der Waals surface area contributed by atoms with Gasteiger partial charge in [-0.1, -0.05) is 0 Å². The Bertz CT molecular complexity index is 406. The molecule has 3 heteroatoms. The van der Waals surface area contributed by atoms with Crippen molar-refractivity contribution in [3.8, 4) is 0 Å². The summed E-state index contributed by atoms with van der Waals surface area (Å²) >= 11 is 0. The van der Waals surface area contributed by atoms with Gasteiger partial charge in [-0.05, 0) is 24.6 Å². The zero-order valence-corrected chi connectivity index (χ0v) is 6.83. The van der Waals surface area contributed by atoms with E-state index in [2.05, 4.69) is 9.97 Å². The molecule has 2 heterocycles. The Hall–Kier alpha value is -1.35. The molecule has 0 bridgehead atoms. The molecule has 0 radical (unpaired) electrons. The number of aromatic amines is 1. The maximum absolute atomic E-state index is 8.87. The molecule has 0 aromatic carbocycles. The first-order chi connectivity index (χ1) is 5.81. The number of nitrogens with zero attached hydrogens (tertiary/aromatic N) is 1. The first-order valence-electron chi connectivity index (χ1n) is 3.85. The zero-order chi connectivity index (χ0) is 8.55. The van der Waals surface area contributed by atoms with Gasteiger partial charge in [0.05, 0.1) is 6.61 Å². The van der Waals surface area contributed by atoms with Gasteiger partial charge >= 0.3 is 0 Å². The molecule has 0 aliphatic heterocycles. The lowest BCUT2D eigenvalue weighted by atomic mass is 10.2. The van der Waals surface area contributed by atoms with E-state index in [1.54, 1.807) is 6.20 Å². The highest BCUT2D eigenvalue weighted by Crippen LogP contribution is 2.16. The number of hydrogen-bond acceptors (Lipinski definition) is 2. The van der Waals surface area contributed by atoms with Crippen molar-refractivity contribution >= 4 is 11.0 Å². The minimum Gasteiger partial charge on any atom is -0.390 e. The summed E-state index contributed by atoms with van der Waals surface area (Å²) in [6, 6.07) is 3.88. The molecule has 0 aliphatic carbocycles. The van der Waals surface area contributed by atoms with E-state index in [-0.39, 0.29) is 6.61 Å². The van der Waals surface area contributed by atoms with Crippen molar-refractivity contribution in [1.29, 1.82) is 0 Å². The lowest BCUT2D eigenvalue weighted by molar-refractivity contribution is 0.278. The van der Waals surface area contributed by atoms with Gasteiger partial charge in [0.1, 0.15) is 5.65 Å². The fourth-order valence-corrected chi connectivity index (χ4v) is 1.30. The van der Waals surface area contributed by atoms with Crippen LogP contribution in [0.2, 0.25) is 0 Å². The molecule has 0 spiro atoms. The smallest absolute Gasteiger partial charge is 0.137 e. The monoisotopic (exact) mass is 162 g/mol. The summed E-state index contributed by atoms with van der Waals surface area (Å²) in [6.45, 7) is 2.06. The van der Waals surface area contributed by atoms with Crippen LogP contribution >= 0.6 is 0 Å². The average Bonchev–Trinajstić information content (AvgIpc) is 2.49. The summed E-state index contributed by atoms with van der Waals surface area (Å²) in [5.74, 6) is 0. The Balaban J connectivity index is 2.74. The molecule has 0 unspecified atom stereocenters. The predicted octanol–water partition coefficient (Wildman–Crippen LogP) is 1.36. The number of hydrogen-bond donors (Lipinski definition) is 2. The molecule has 0 saturated carbocycles. The highest BCUT2D eigenvalue weighted by atomic mass is 16.3. The topological polar surface area (TPSA) is 48.9 Å². The molecule has 3 nitrogen and oxygen atoms in total. The minimum absolute atomic E-state index is 0.0375. The molecule has 0 amide bonds.